The molecule has 2 aromatic rings. The number of benzene rings is 2. The number of hydrazone groups is 1. The molecule has 0 spiro atoms. The lowest BCUT2D eigenvalue weighted by molar-refractivity contribution is -0.385. The second kappa shape index (κ2) is 9.77. The summed E-state index contributed by atoms with van der Waals surface area (Å²) >= 11 is 0. The average molecular weight is 461 g/mol. The van der Waals surface area contributed by atoms with Crippen molar-refractivity contribution < 1.29 is 22.9 Å². The number of ether oxygens (including phenoxy) is 1. The highest BCUT2D eigenvalue weighted by Gasteiger charge is 2.29. The fourth-order valence-electron chi connectivity index (χ4n) is 3.34. The molecule has 32 heavy (non-hydrogen) atoms. The molecular weight excluding hydrogens is 436 g/mol. The van der Waals surface area contributed by atoms with Gasteiger partial charge in [-0.15, -0.1) is 0 Å². The molecule has 10 nitrogen and oxygen atoms in total. The molecule has 1 N–H and O–H groups in total. The van der Waals surface area contributed by atoms with Gasteiger partial charge in [-0.25, -0.2) is 13.8 Å². The van der Waals surface area contributed by atoms with Gasteiger partial charge in [0.2, 0.25) is 0 Å². The van der Waals surface area contributed by atoms with Gasteiger partial charge in [0.1, 0.15) is 12.3 Å². The van der Waals surface area contributed by atoms with E-state index in [2.05, 4.69) is 10.5 Å². The summed E-state index contributed by atoms with van der Waals surface area (Å²) in [6, 6.07) is 9.76. The van der Waals surface area contributed by atoms with Gasteiger partial charge in [0.15, 0.2) is 0 Å². The van der Waals surface area contributed by atoms with Crippen LogP contribution in [0.2, 0.25) is 0 Å². The number of aryl methyl sites for hydroxylation is 1. The molecule has 0 unspecified atom stereocenters. The molecule has 0 radical (unpaired) electrons. The number of sulfonamides is 1. The monoisotopic (exact) mass is 460 g/mol. The van der Waals surface area contributed by atoms with Gasteiger partial charge in [0.05, 0.1) is 22.6 Å². The van der Waals surface area contributed by atoms with Gasteiger partial charge in [0.25, 0.3) is 21.6 Å². The molecule has 1 saturated carbocycles. The Kier molecular flexibility index (Phi) is 7.08. The van der Waals surface area contributed by atoms with E-state index >= 15 is 0 Å². The summed E-state index contributed by atoms with van der Waals surface area (Å²) in [5.74, 6) is -0.112. The number of nitrogens with zero attached hydrogens (tertiary/aromatic N) is 3. The lowest BCUT2D eigenvalue weighted by atomic mass is 10.2. The van der Waals surface area contributed by atoms with Gasteiger partial charge in [-0.2, -0.15) is 5.10 Å². The number of carbonyl (C=O) groups excluding carboxylic acids is 1. The number of nitro groups is 1. The maximum Gasteiger partial charge on any atom is 0.273 e. The third-order valence-electron chi connectivity index (χ3n) is 5.13. The van der Waals surface area contributed by atoms with Crippen LogP contribution in [-0.4, -0.2) is 38.6 Å². The molecule has 170 valence electrons. The van der Waals surface area contributed by atoms with E-state index in [-0.39, 0.29) is 16.3 Å². The Labute approximate surface area is 186 Å². The van der Waals surface area contributed by atoms with E-state index in [1.54, 1.807) is 12.1 Å². The lowest BCUT2D eigenvalue weighted by Gasteiger charge is -2.24. The quantitative estimate of drug-likeness (QED) is 0.475. The summed E-state index contributed by atoms with van der Waals surface area (Å²) < 4.78 is 32.9. The Morgan fingerprint density at radius 3 is 2.44 bits per heavy atom. The van der Waals surface area contributed by atoms with Gasteiger partial charge in [-0.1, -0.05) is 6.07 Å². The number of nitro benzene ring substituents is 1. The maximum atomic E-state index is 13.4. The molecule has 0 bridgehead atoms. The van der Waals surface area contributed by atoms with E-state index in [1.807, 2.05) is 0 Å². The standard InChI is InChI=1S/C21H24N4O6S/c1-15-7-12-19(13-20(15)25(27)28)32(29,30)24(17-8-10-18(31-2)11-9-17)14-21(26)23-22-16-5-3-4-6-16/h7-13H,3-6,14H2,1-2H3,(H,23,26). The Morgan fingerprint density at radius 2 is 1.84 bits per heavy atom. The molecule has 1 aliphatic carbocycles. The van der Waals surface area contributed by atoms with Crippen LogP contribution in [0.25, 0.3) is 0 Å². The molecule has 0 heterocycles. The molecule has 0 saturated heterocycles. The van der Waals surface area contributed by atoms with Crippen LogP contribution in [0.15, 0.2) is 52.5 Å². The third kappa shape index (κ3) is 5.22. The smallest absolute Gasteiger partial charge is 0.273 e. The van der Waals surface area contributed by atoms with Crippen LogP contribution in [0.3, 0.4) is 0 Å². The van der Waals surface area contributed by atoms with E-state index in [4.69, 9.17) is 4.74 Å². The third-order valence-corrected chi connectivity index (χ3v) is 6.90. The molecule has 3 rings (SSSR count). The Hall–Kier alpha value is -3.47. The van der Waals surface area contributed by atoms with Crippen molar-refractivity contribution in [3.8, 4) is 5.75 Å². The van der Waals surface area contributed by atoms with Crippen LogP contribution in [0.1, 0.15) is 31.2 Å². The topological polar surface area (TPSA) is 131 Å². The molecule has 0 aliphatic heterocycles. The van der Waals surface area contributed by atoms with Crippen LogP contribution in [0.4, 0.5) is 11.4 Å². The van der Waals surface area contributed by atoms with Gasteiger partial charge in [0, 0.05) is 17.3 Å². The average Bonchev–Trinajstić information content (AvgIpc) is 3.30. The Bertz CT molecular complexity index is 1140. The number of methoxy groups -OCH3 is 1. The highest BCUT2D eigenvalue weighted by molar-refractivity contribution is 7.92. The number of amides is 1. The molecule has 0 atom stereocenters. The van der Waals surface area contributed by atoms with E-state index in [0.717, 1.165) is 41.8 Å². The van der Waals surface area contributed by atoms with Gasteiger partial charge in [-0.3, -0.25) is 19.2 Å². The predicted octanol–water partition coefficient (Wildman–Crippen LogP) is 3.15. The van der Waals surface area contributed by atoms with Crippen molar-refractivity contribution in [2.24, 2.45) is 5.10 Å². The molecule has 1 aliphatic rings. The van der Waals surface area contributed by atoms with E-state index < -0.39 is 27.4 Å². The number of hydrogen-bond donors (Lipinski definition) is 1. The fourth-order valence-corrected chi connectivity index (χ4v) is 4.78. The molecule has 0 aromatic heterocycles. The van der Waals surface area contributed by atoms with Crippen LogP contribution < -0.4 is 14.5 Å². The zero-order valence-corrected chi connectivity index (χ0v) is 18.6. The van der Waals surface area contributed by atoms with Gasteiger partial charge < -0.3 is 4.74 Å². The summed E-state index contributed by atoms with van der Waals surface area (Å²) in [5, 5.41) is 15.4. The Balaban J connectivity index is 1.96. The number of carbonyl (C=O) groups is 1. The summed E-state index contributed by atoms with van der Waals surface area (Å²) in [4.78, 5) is 22.9. The lowest BCUT2D eigenvalue weighted by Crippen LogP contribution is -2.39. The van der Waals surface area contributed by atoms with Gasteiger partial charge in [-0.05, 0) is 62.9 Å². The van der Waals surface area contributed by atoms with Crippen molar-refractivity contribution in [2.75, 3.05) is 18.0 Å². The summed E-state index contributed by atoms with van der Waals surface area (Å²) in [6.07, 6.45) is 3.61. The fraction of sp³-hybridized carbons (Fsp3) is 0.333. The van der Waals surface area contributed by atoms with E-state index in [0.29, 0.717) is 11.3 Å². The minimum Gasteiger partial charge on any atom is -0.497 e. The van der Waals surface area contributed by atoms with Crippen LogP contribution in [0.5, 0.6) is 5.75 Å². The molecule has 1 fully saturated rings. The van der Waals surface area contributed by atoms with Crippen molar-refractivity contribution in [3.63, 3.8) is 0 Å². The van der Waals surface area contributed by atoms with Crippen molar-refractivity contribution in [1.29, 1.82) is 0 Å². The highest BCUT2D eigenvalue weighted by atomic mass is 32.2. The van der Waals surface area contributed by atoms with Crippen LogP contribution in [0, 0.1) is 17.0 Å². The van der Waals surface area contributed by atoms with Crippen molar-refractivity contribution in [2.45, 2.75) is 37.5 Å². The van der Waals surface area contributed by atoms with E-state index in [1.165, 1.54) is 38.3 Å². The first-order chi connectivity index (χ1) is 15.2. The zero-order chi connectivity index (χ0) is 23.3. The van der Waals surface area contributed by atoms with Crippen LogP contribution in [-0.2, 0) is 14.8 Å². The van der Waals surface area contributed by atoms with Crippen LogP contribution >= 0.6 is 0 Å². The van der Waals surface area contributed by atoms with Crippen molar-refractivity contribution in [1.82, 2.24) is 5.43 Å². The minimum absolute atomic E-state index is 0.206. The summed E-state index contributed by atoms with van der Waals surface area (Å²) in [7, 11) is -2.82. The largest absolute Gasteiger partial charge is 0.497 e. The molecule has 2 aromatic carbocycles. The number of nitrogens with one attached hydrogen (secondary N) is 1. The highest BCUT2D eigenvalue weighted by Crippen LogP contribution is 2.29. The van der Waals surface area contributed by atoms with Gasteiger partial charge >= 0.3 is 0 Å². The summed E-state index contributed by atoms with van der Waals surface area (Å²) in [6.45, 7) is 0.971. The van der Waals surface area contributed by atoms with Crippen molar-refractivity contribution in [3.05, 3.63) is 58.1 Å². The number of hydrogen-bond acceptors (Lipinski definition) is 7. The molecule has 1 amide bonds. The zero-order valence-electron chi connectivity index (χ0n) is 17.8. The first kappa shape index (κ1) is 23.2. The first-order valence-corrected chi connectivity index (χ1v) is 11.4. The second-order valence-electron chi connectivity index (χ2n) is 7.34. The second-order valence-corrected chi connectivity index (χ2v) is 9.20. The van der Waals surface area contributed by atoms with E-state index in [9.17, 15) is 23.3 Å². The maximum absolute atomic E-state index is 13.4. The SMILES string of the molecule is COc1ccc(N(CC(=O)NN=C2CCCC2)S(=O)(=O)c2ccc(C)c([N+](=O)[O-])c2)cc1. The molecular formula is C21H24N4O6S. The summed E-state index contributed by atoms with van der Waals surface area (Å²) in [5.41, 5.74) is 3.50. The normalized spacial score (nSPS) is 13.5. The predicted molar refractivity (Wildman–Crippen MR) is 119 cm³/mol. The molecule has 11 heteroatoms. The number of anilines is 1. The first-order valence-electron chi connectivity index (χ1n) is 9.98. The minimum atomic E-state index is -4.30. The van der Waals surface area contributed by atoms with Crippen molar-refractivity contribution >= 4 is 33.0 Å². The Morgan fingerprint density at radius 1 is 1.19 bits per heavy atom. The number of rotatable bonds is 8.